The molecule has 0 atom stereocenters. The molecule has 0 unspecified atom stereocenters. The molecule has 0 aliphatic carbocycles. The number of likely N-dealkylation sites (tertiary alicyclic amines) is 1. The van der Waals surface area contributed by atoms with E-state index in [0.29, 0.717) is 5.56 Å². The summed E-state index contributed by atoms with van der Waals surface area (Å²) in [5, 5.41) is 0. The number of aromatic nitrogens is 1. The smallest absolute Gasteiger partial charge is 0.253 e. The van der Waals surface area contributed by atoms with Crippen LogP contribution in [-0.4, -0.2) is 47.6 Å². The van der Waals surface area contributed by atoms with Crippen molar-refractivity contribution in [1.29, 1.82) is 0 Å². The zero-order chi connectivity index (χ0) is 26.9. The Hall–Kier alpha value is -4.13. The van der Waals surface area contributed by atoms with E-state index in [-0.39, 0.29) is 37.7 Å². The molecule has 0 saturated carbocycles. The van der Waals surface area contributed by atoms with E-state index in [1.807, 2.05) is 43.4 Å². The summed E-state index contributed by atoms with van der Waals surface area (Å²) in [5.41, 5.74) is 7.10. The Balaban J connectivity index is 1.48. The topological polar surface area (TPSA) is 37.6 Å². The fourth-order valence-electron chi connectivity index (χ4n) is 4.90. The van der Waals surface area contributed by atoms with Gasteiger partial charge < -0.3 is 9.47 Å². The van der Waals surface area contributed by atoms with Gasteiger partial charge in [-0.05, 0) is 64.7 Å². The first-order valence-electron chi connectivity index (χ1n) is 12.5. The predicted octanol–water partition coefficient (Wildman–Crippen LogP) is 7.09. The van der Waals surface area contributed by atoms with Crippen molar-refractivity contribution in [3.05, 3.63) is 95.9 Å². The number of alkyl halides is 2. The molecular formula is C31H28F3N3O. The third-order valence-corrected chi connectivity index (χ3v) is 7.12. The summed E-state index contributed by atoms with van der Waals surface area (Å²) < 4.78 is 42.8. The highest BCUT2D eigenvalue weighted by Gasteiger charge is 2.35. The van der Waals surface area contributed by atoms with Gasteiger partial charge in [0.05, 0.1) is 5.69 Å². The number of rotatable bonds is 5. The van der Waals surface area contributed by atoms with E-state index in [0.717, 1.165) is 39.2 Å². The monoisotopic (exact) mass is 515 g/mol. The number of piperidine rings is 1. The maximum Gasteiger partial charge on any atom is 0.253 e. The van der Waals surface area contributed by atoms with Crippen LogP contribution in [0, 0.1) is 5.82 Å². The van der Waals surface area contributed by atoms with Crippen LogP contribution in [0.25, 0.3) is 33.5 Å². The van der Waals surface area contributed by atoms with Crippen LogP contribution in [0.5, 0.6) is 0 Å². The average molecular weight is 516 g/mol. The third kappa shape index (κ3) is 5.14. The molecule has 4 aromatic rings. The molecule has 0 bridgehead atoms. The van der Waals surface area contributed by atoms with Crippen molar-refractivity contribution in [1.82, 2.24) is 9.47 Å². The first-order valence-corrected chi connectivity index (χ1v) is 12.5. The number of nitrogens with zero attached hydrogens (tertiary/aromatic N) is 3. The Morgan fingerprint density at radius 2 is 1.47 bits per heavy atom. The zero-order valence-corrected chi connectivity index (χ0v) is 21.3. The normalized spacial score (nSPS) is 15.2. The highest BCUT2D eigenvalue weighted by Crippen LogP contribution is 2.36. The van der Waals surface area contributed by atoms with Gasteiger partial charge in [-0.2, -0.15) is 0 Å². The lowest BCUT2D eigenvalue weighted by atomic mass is 9.92. The van der Waals surface area contributed by atoms with Crippen LogP contribution in [0.3, 0.4) is 0 Å². The lowest BCUT2D eigenvalue weighted by molar-refractivity contribution is -0.0494. The summed E-state index contributed by atoms with van der Waals surface area (Å²) in [6, 6.07) is 23.8. The fraction of sp³-hybridized carbons (Fsp3) is 0.226. The molecule has 1 aromatic heterocycles. The molecule has 1 aliphatic rings. The lowest BCUT2D eigenvalue weighted by Gasteiger charge is -2.31. The fourth-order valence-corrected chi connectivity index (χ4v) is 4.90. The van der Waals surface area contributed by atoms with Crippen molar-refractivity contribution in [3.8, 4) is 33.5 Å². The van der Waals surface area contributed by atoms with Gasteiger partial charge in [-0.3, -0.25) is 9.79 Å². The summed E-state index contributed by atoms with van der Waals surface area (Å²) in [7, 11) is 3.71. The Morgan fingerprint density at radius 3 is 2.13 bits per heavy atom. The molecule has 0 radical (unpaired) electrons. The minimum atomic E-state index is -2.69. The van der Waals surface area contributed by atoms with E-state index in [9.17, 15) is 18.0 Å². The molecule has 1 fully saturated rings. The molecule has 1 saturated heterocycles. The van der Waals surface area contributed by atoms with Gasteiger partial charge in [0.2, 0.25) is 0 Å². The Kier molecular flexibility index (Phi) is 6.93. The predicted molar refractivity (Wildman–Crippen MR) is 145 cm³/mol. The van der Waals surface area contributed by atoms with Crippen molar-refractivity contribution < 1.29 is 18.0 Å². The molecule has 194 valence electrons. The minimum absolute atomic E-state index is 0.0566. The molecule has 0 spiro atoms. The van der Waals surface area contributed by atoms with E-state index >= 15 is 0 Å². The molecular weight excluding hydrogens is 487 g/mol. The largest absolute Gasteiger partial charge is 0.343 e. The van der Waals surface area contributed by atoms with E-state index in [1.54, 1.807) is 37.5 Å². The number of benzene rings is 3. The van der Waals surface area contributed by atoms with Gasteiger partial charge in [0.15, 0.2) is 0 Å². The van der Waals surface area contributed by atoms with E-state index in [2.05, 4.69) is 15.6 Å². The first-order chi connectivity index (χ1) is 18.3. The molecule has 1 amide bonds. The number of carbonyl (C=O) groups is 1. The molecule has 5 rings (SSSR count). The second-order valence-electron chi connectivity index (χ2n) is 9.58. The maximum absolute atomic E-state index is 13.7. The number of hydrogen-bond acceptors (Lipinski definition) is 2. The van der Waals surface area contributed by atoms with Gasteiger partial charge >= 0.3 is 0 Å². The summed E-state index contributed by atoms with van der Waals surface area (Å²) in [6.07, 6.45) is 1.19. The van der Waals surface area contributed by atoms with Gasteiger partial charge in [-0.25, -0.2) is 13.2 Å². The Bertz CT molecular complexity index is 1480. The van der Waals surface area contributed by atoms with Crippen LogP contribution in [0.15, 0.2) is 83.9 Å². The molecule has 2 heterocycles. The quantitative estimate of drug-likeness (QED) is 0.262. The number of amides is 1. The number of hydrogen-bond donors (Lipinski definition) is 0. The van der Waals surface area contributed by atoms with Crippen molar-refractivity contribution in [3.63, 3.8) is 0 Å². The van der Waals surface area contributed by atoms with Crippen LogP contribution in [0.1, 0.15) is 28.9 Å². The molecule has 38 heavy (non-hydrogen) atoms. The highest BCUT2D eigenvalue weighted by molar-refractivity contribution is 5.95. The summed E-state index contributed by atoms with van der Waals surface area (Å²) >= 11 is 0. The van der Waals surface area contributed by atoms with Crippen LogP contribution in [0.2, 0.25) is 0 Å². The van der Waals surface area contributed by atoms with Crippen LogP contribution >= 0.6 is 0 Å². The first kappa shape index (κ1) is 25.5. The van der Waals surface area contributed by atoms with Gasteiger partial charge in [0.25, 0.3) is 11.8 Å². The zero-order valence-electron chi connectivity index (χ0n) is 21.3. The van der Waals surface area contributed by atoms with Crippen molar-refractivity contribution in [2.45, 2.75) is 18.8 Å². The average Bonchev–Trinajstić information content (AvgIpc) is 3.28. The second kappa shape index (κ2) is 10.3. The SMILES string of the molecule is CN=Cc1ccc(-c2ccc(-c3ccc(C(=O)N4CCC(F)(F)CC4)cc3)cc2-c2ccc(F)cc2)n1C. The molecule has 0 N–H and O–H groups in total. The van der Waals surface area contributed by atoms with Crippen LogP contribution in [0.4, 0.5) is 13.2 Å². The lowest BCUT2D eigenvalue weighted by Crippen LogP contribution is -2.42. The Labute approximate surface area is 220 Å². The summed E-state index contributed by atoms with van der Waals surface area (Å²) in [4.78, 5) is 18.5. The van der Waals surface area contributed by atoms with Crippen molar-refractivity contribution in [2.75, 3.05) is 20.1 Å². The number of aliphatic imine (C=N–C) groups is 1. The minimum Gasteiger partial charge on any atom is -0.343 e. The second-order valence-corrected chi connectivity index (χ2v) is 9.58. The molecule has 7 heteroatoms. The number of carbonyl (C=O) groups excluding carboxylic acids is 1. The van der Waals surface area contributed by atoms with E-state index in [4.69, 9.17) is 0 Å². The summed E-state index contributed by atoms with van der Waals surface area (Å²) in [5.74, 6) is -3.23. The van der Waals surface area contributed by atoms with Gasteiger partial charge in [-0.15, -0.1) is 0 Å². The van der Waals surface area contributed by atoms with E-state index in [1.165, 1.54) is 17.0 Å². The van der Waals surface area contributed by atoms with Crippen molar-refractivity contribution in [2.24, 2.45) is 12.0 Å². The molecule has 4 nitrogen and oxygen atoms in total. The summed E-state index contributed by atoms with van der Waals surface area (Å²) in [6.45, 7) is 0.113. The Morgan fingerprint density at radius 1 is 0.842 bits per heavy atom. The number of halogens is 3. The van der Waals surface area contributed by atoms with Gasteiger partial charge in [-0.1, -0.05) is 36.4 Å². The standard InChI is InChI=1S/C31H28F3N3O/c1-35-20-26-12-14-29(36(26)2)27-13-9-24(19-28(27)22-7-10-25(32)11-8-22)21-3-5-23(6-4-21)30(38)37-17-15-31(33,34)16-18-37/h3-14,19-20H,15-18H2,1-2H3. The third-order valence-electron chi connectivity index (χ3n) is 7.12. The van der Waals surface area contributed by atoms with Gasteiger partial charge in [0, 0.05) is 63.1 Å². The van der Waals surface area contributed by atoms with E-state index < -0.39 is 5.92 Å². The molecule has 3 aromatic carbocycles. The van der Waals surface area contributed by atoms with Crippen LogP contribution in [-0.2, 0) is 7.05 Å². The highest BCUT2D eigenvalue weighted by atomic mass is 19.3. The van der Waals surface area contributed by atoms with Crippen molar-refractivity contribution >= 4 is 12.1 Å². The maximum atomic E-state index is 13.7. The van der Waals surface area contributed by atoms with Gasteiger partial charge in [0.1, 0.15) is 5.82 Å². The molecule has 1 aliphatic heterocycles. The van der Waals surface area contributed by atoms with Crippen LogP contribution < -0.4 is 0 Å².